The van der Waals surface area contributed by atoms with Crippen molar-refractivity contribution in [2.24, 2.45) is 0 Å². The minimum Gasteiger partial charge on any atom is -0.393 e. The van der Waals surface area contributed by atoms with Crippen LogP contribution >= 0.6 is 11.3 Å². The van der Waals surface area contributed by atoms with E-state index < -0.39 is 25.5 Å². The number of hydrogen-bond donors (Lipinski definition) is 2. The van der Waals surface area contributed by atoms with E-state index >= 15 is 0 Å². The molecule has 20 heavy (non-hydrogen) atoms. The van der Waals surface area contributed by atoms with Gasteiger partial charge < -0.3 is 5.73 Å². The summed E-state index contributed by atoms with van der Waals surface area (Å²) in [5.41, 5.74) is 4.69. The molecule has 0 atom stereocenters. The largest absolute Gasteiger partial charge is 0.393 e. The van der Waals surface area contributed by atoms with Gasteiger partial charge in [-0.3, -0.25) is 10.1 Å². The number of benzene rings is 1. The highest BCUT2D eigenvalue weighted by Gasteiger charge is 2.27. The monoisotopic (exact) mass is 313 g/mol. The highest BCUT2D eigenvalue weighted by molar-refractivity contribution is 7.89. The topological polar surface area (TPSA) is 115 Å². The predicted molar refractivity (Wildman–Crippen MR) is 75.9 cm³/mol. The molecule has 0 aliphatic carbocycles. The van der Waals surface area contributed by atoms with E-state index in [4.69, 9.17) is 5.73 Å². The van der Waals surface area contributed by atoms with Gasteiger partial charge in [0.05, 0.1) is 4.92 Å². The molecule has 2 aromatic rings. The first-order valence-corrected chi connectivity index (χ1v) is 7.83. The van der Waals surface area contributed by atoms with E-state index in [0.717, 1.165) is 10.9 Å². The number of para-hydroxylation sites is 1. The second kappa shape index (κ2) is 5.57. The van der Waals surface area contributed by atoms with Crippen molar-refractivity contribution in [1.82, 2.24) is 4.72 Å². The van der Waals surface area contributed by atoms with E-state index in [1.165, 1.54) is 23.5 Å². The van der Waals surface area contributed by atoms with Gasteiger partial charge in [-0.05, 0) is 23.6 Å². The van der Waals surface area contributed by atoms with Gasteiger partial charge in [0.25, 0.3) is 0 Å². The zero-order valence-electron chi connectivity index (χ0n) is 10.1. The maximum absolute atomic E-state index is 12.1. The molecule has 0 radical (unpaired) electrons. The molecule has 0 spiro atoms. The summed E-state index contributed by atoms with van der Waals surface area (Å²) < 4.78 is 26.6. The second-order valence-electron chi connectivity index (χ2n) is 3.86. The Balaban J connectivity index is 2.34. The lowest BCUT2D eigenvalue weighted by Gasteiger charge is -2.07. The third-order valence-corrected chi connectivity index (χ3v) is 4.83. The van der Waals surface area contributed by atoms with Crippen molar-refractivity contribution >= 4 is 32.7 Å². The number of rotatable bonds is 5. The normalized spacial score (nSPS) is 11.4. The summed E-state index contributed by atoms with van der Waals surface area (Å²) in [6, 6.07) is 7.36. The van der Waals surface area contributed by atoms with Gasteiger partial charge in [0, 0.05) is 11.4 Å². The average Bonchev–Trinajstić information content (AvgIpc) is 2.89. The smallest absolute Gasteiger partial charge is 0.312 e. The van der Waals surface area contributed by atoms with E-state index in [9.17, 15) is 18.5 Å². The summed E-state index contributed by atoms with van der Waals surface area (Å²) in [5, 5.41) is 12.8. The molecule has 1 aromatic heterocycles. The fraction of sp³-hybridized carbons (Fsp3) is 0.0909. The number of anilines is 1. The third-order valence-electron chi connectivity index (χ3n) is 2.52. The molecule has 3 N–H and O–H groups in total. The lowest BCUT2D eigenvalue weighted by Crippen LogP contribution is -2.24. The lowest BCUT2D eigenvalue weighted by atomic mass is 10.3. The number of hydrogen-bond acceptors (Lipinski definition) is 6. The highest BCUT2D eigenvalue weighted by Crippen LogP contribution is 2.29. The number of sulfonamides is 1. The SMILES string of the molecule is Nc1cccc(S(=O)(=O)NCc2cccs2)c1[N+](=O)[O-]. The van der Waals surface area contributed by atoms with Gasteiger partial charge >= 0.3 is 5.69 Å². The summed E-state index contributed by atoms with van der Waals surface area (Å²) >= 11 is 1.39. The molecule has 0 amide bonds. The van der Waals surface area contributed by atoms with E-state index in [-0.39, 0.29) is 12.2 Å². The zero-order valence-corrected chi connectivity index (χ0v) is 11.8. The van der Waals surface area contributed by atoms with Crippen molar-refractivity contribution in [3.8, 4) is 0 Å². The van der Waals surface area contributed by atoms with Crippen LogP contribution in [0.3, 0.4) is 0 Å². The quantitative estimate of drug-likeness (QED) is 0.495. The van der Waals surface area contributed by atoms with Gasteiger partial charge in [-0.25, -0.2) is 13.1 Å². The summed E-state index contributed by atoms with van der Waals surface area (Å²) in [6.07, 6.45) is 0. The van der Waals surface area contributed by atoms with Crippen molar-refractivity contribution in [2.75, 3.05) is 5.73 Å². The Labute approximate surface area is 119 Å². The molecule has 0 aliphatic heterocycles. The Hall–Kier alpha value is -1.97. The minimum absolute atomic E-state index is 0.0754. The maximum atomic E-state index is 12.1. The van der Waals surface area contributed by atoms with Crippen molar-refractivity contribution in [3.63, 3.8) is 0 Å². The van der Waals surface area contributed by atoms with Crippen LogP contribution in [0, 0.1) is 10.1 Å². The Kier molecular flexibility index (Phi) is 4.02. The zero-order chi connectivity index (χ0) is 14.8. The second-order valence-corrected chi connectivity index (χ2v) is 6.62. The van der Waals surface area contributed by atoms with Crippen LogP contribution in [-0.2, 0) is 16.6 Å². The van der Waals surface area contributed by atoms with Crippen LogP contribution in [0.2, 0.25) is 0 Å². The molecule has 0 unspecified atom stereocenters. The first kappa shape index (κ1) is 14.4. The average molecular weight is 313 g/mol. The molecule has 2 rings (SSSR count). The number of thiophene rings is 1. The number of nitrogen functional groups attached to an aromatic ring is 1. The summed E-state index contributed by atoms with van der Waals surface area (Å²) in [6.45, 7) is 0.0754. The van der Waals surface area contributed by atoms with Crippen LogP contribution in [0.5, 0.6) is 0 Å². The van der Waals surface area contributed by atoms with Crippen molar-refractivity contribution in [3.05, 3.63) is 50.7 Å². The first-order chi connectivity index (χ1) is 9.42. The highest BCUT2D eigenvalue weighted by atomic mass is 32.2. The molecule has 106 valence electrons. The van der Waals surface area contributed by atoms with Crippen LogP contribution in [0.15, 0.2) is 40.6 Å². The maximum Gasteiger partial charge on any atom is 0.312 e. The predicted octanol–water partition coefficient (Wildman–Crippen LogP) is 1.72. The van der Waals surface area contributed by atoms with E-state index in [1.807, 2.05) is 5.38 Å². The Morgan fingerprint density at radius 3 is 2.65 bits per heavy atom. The molecule has 9 heteroatoms. The van der Waals surface area contributed by atoms with Gasteiger partial charge in [-0.15, -0.1) is 11.3 Å². The molecule has 1 heterocycles. The van der Waals surface area contributed by atoms with Crippen LogP contribution in [0.4, 0.5) is 11.4 Å². The van der Waals surface area contributed by atoms with Gasteiger partial charge in [-0.1, -0.05) is 12.1 Å². The number of nitrogens with two attached hydrogens (primary N) is 1. The molecular formula is C11H11N3O4S2. The third kappa shape index (κ3) is 2.95. The van der Waals surface area contributed by atoms with Gasteiger partial charge in [0.2, 0.25) is 10.0 Å². The van der Waals surface area contributed by atoms with Crippen LogP contribution in [0.1, 0.15) is 4.88 Å². The van der Waals surface area contributed by atoms with Crippen molar-refractivity contribution in [1.29, 1.82) is 0 Å². The van der Waals surface area contributed by atoms with E-state index in [2.05, 4.69) is 4.72 Å². The van der Waals surface area contributed by atoms with Crippen LogP contribution in [0.25, 0.3) is 0 Å². The van der Waals surface area contributed by atoms with E-state index in [1.54, 1.807) is 12.1 Å². The van der Waals surface area contributed by atoms with Crippen LogP contribution < -0.4 is 10.5 Å². The number of nitrogens with zero attached hydrogens (tertiary/aromatic N) is 1. The molecule has 0 saturated heterocycles. The molecule has 0 aliphatic rings. The summed E-state index contributed by atoms with van der Waals surface area (Å²) in [7, 11) is -4.00. The van der Waals surface area contributed by atoms with Gasteiger partial charge in [0.15, 0.2) is 4.90 Å². The molecule has 0 bridgehead atoms. The molecule has 0 saturated carbocycles. The number of nitro benzene ring substituents is 1. The molecular weight excluding hydrogens is 302 g/mol. The Morgan fingerprint density at radius 2 is 2.05 bits per heavy atom. The standard InChI is InChI=1S/C11H11N3O4S2/c12-9-4-1-5-10(11(9)14(15)16)20(17,18)13-7-8-3-2-6-19-8/h1-6,13H,7,12H2. The Bertz CT molecular complexity index is 726. The fourth-order valence-electron chi connectivity index (χ4n) is 1.61. The number of nitro groups is 1. The molecule has 0 fully saturated rings. The minimum atomic E-state index is -4.00. The van der Waals surface area contributed by atoms with Crippen molar-refractivity contribution < 1.29 is 13.3 Å². The first-order valence-electron chi connectivity index (χ1n) is 5.47. The lowest BCUT2D eigenvalue weighted by molar-refractivity contribution is -0.386. The van der Waals surface area contributed by atoms with Gasteiger partial charge in [-0.2, -0.15) is 0 Å². The molecule has 7 nitrogen and oxygen atoms in total. The number of nitrogens with one attached hydrogen (secondary N) is 1. The van der Waals surface area contributed by atoms with Crippen molar-refractivity contribution in [2.45, 2.75) is 11.4 Å². The summed E-state index contributed by atoms with van der Waals surface area (Å²) in [5.74, 6) is 0. The fourth-order valence-corrected chi connectivity index (χ4v) is 3.55. The van der Waals surface area contributed by atoms with Crippen LogP contribution in [-0.4, -0.2) is 13.3 Å². The van der Waals surface area contributed by atoms with E-state index in [0.29, 0.717) is 0 Å². The molecule has 1 aromatic carbocycles. The van der Waals surface area contributed by atoms with Gasteiger partial charge in [0.1, 0.15) is 5.69 Å². The summed E-state index contributed by atoms with van der Waals surface area (Å²) in [4.78, 5) is 10.5. The Morgan fingerprint density at radius 1 is 1.30 bits per heavy atom.